The second-order valence-electron chi connectivity index (χ2n) is 5.36. The highest BCUT2D eigenvalue weighted by molar-refractivity contribution is 5.92. The summed E-state index contributed by atoms with van der Waals surface area (Å²) in [5.41, 5.74) is 3.82. The van der Waals surface area contributed by atoms with Crippen molar-refractivity contribution in [3.8, 4) is 5.75 Å². The van der Waals surface area contributed by atoms with Crippen LogP contribution in [-0.4, -0.2) is 34.4 Å². The minimum absolute atomic E-state index is 0.0694. The Morgan fingerprint density at radius 2 is 2.23 bits per heavy atom. The SMILES string of the molecule is CCOc1ccc2c(c1)C(c1cnc[nH]1)=CN(C)C(=O)[C@@H]2C. The van der Waals surface area contributed by atoms with E-state index in [1.54, 1.807) is 24.5 Å². The van der Waals surface area contributed by atoms with Crippen molar-refractivity contribution in [3.05, 3.63) is 53.7 Å². The molecule has 0 radical (unpaired) electrons. The molecule has 0 unspecified atom stereocenters. The molecule has 1 aliphatic rings. The maximum atomic E-state index is 12.5. The highest BCUT2D eigenvalue weighted by Gasteiger charge is 2.27. The molecule has 3 rings (SSSR count). The predicted octanol–water partition coefficient (Wildman–Crippen LogP) is 2.77. The fraction of sp³-hybridized carbons (Fsp3) is 0.294. The van der Waals surface area contributed by atoms with E-state index in [2.05, 4.69) is 9.97 Å². The molecule has 1 aromatic carbocycles. The summed E-state index contributed by atoms with van der Waals surface area (Å²) in [7, 11) is 1.78. The lowest BCUT2D eigenvalue weighted by Crippen LogP contribution is -2.24. The fourth-order valence-electron chi connectivity index (χ4n) is 2.79. The zero-order valence-electron chi connectivity index (χ0n) is 13.0. The Bertz CT molecular complexity index is 720. The number of imidazole rings is 1. The van der Waals surface area contributed by atoms with Crippen LogP contribution in [0.25, 0.3) is 5.57 Å². The first-order valence-electron chi connectivity index (χ1n) is 7.36. The lowest BCUT2D eigenvalue weighted by molar-refractivity contribution is -0.128. The van der Waals surface area contributed by atoms with Gasteiger partial charge in [-0.3, -0.25) is 4.79 Å². The Balaban J connectivity index is 2.21. The number of benzene rings is 1. The smallest absolute Gasteiger partial charge is 0.233 e. The standard InChI is InChI=1S/C17H19N3O2/c1-4-22-12-5-6-13-11(2)17(21)20(3)9-15(14(13)7-12)16-8-18-10-19-16/h5-11H,4H2,1-3H3,(H,18,19)/t11-/m1/s1. The molecule has 0 spiro atoms. The highest BCUT2D eigenvalue weighted by atomic mass is 16.5. The van der Waals surface area contributed by atoms with Crippen molar-refractivity contribution in [3.63, 3.8) is 0 Å². The number of nitrogens with zero attached hydrogens (tertiary/aromatic N) is 2. The van der Waals surface area contributed by atoms with Crippen LogP contribution in [0.5, 0.6) is 5.75 Å². The third-order valence-corrected chi connectivity index (χ3v) is 3.92. The molecule has 0 saturated carbocycles. The molecule has 0 aliphatic carbocycles. The van der Waals surface area contributed by atoms with E-state index in [9.17, 15) is 4.79 Å². The molecule has 1 aromatic heterocycles. The summed E-state index contributed by atoms with van der Waals surface area (Å²) in [5, 5.41) is 0. The van der Waals surface area contributed by atoms with Gasteiger partial charge in [0.25, 0.3) is 0 Å². The minimum atomic E-state index is -0.202. The van der Waals surface area contributed by atoms with Crippen molar-refractivity contribution in [2.45, 2.75) is 19.8 Å². The Morgan fingerprint density at radius 3 is 2.91 bits per heavy atom. The summed E-state index contributed by atoms with van der Waals surface area (Å²) >= 11 is 0. The van der Waals surface area contributed by atoms with E-state index < -0.39 is 0 Å². The van der Waals surface area contributed by atoms with E-state index in [1.165, 1.54) is 0 Å². The van der Waals surface area contributed by atoms with Crippen LogP contribution in [0.1, 0.15) is 36.6 Å². The zero-order chi connectivity index (χ0) is 15.7. The molecule has 0 bridgehead atoms. The number of aromatic amines is 1. The third kappa shape index (κ3) is 2.39. The first-order valence-corrected chi connectivity index (χ1v) is 7.36. The summed E-state index contributed by atoms with van der Waals surface area (Å²) in [6.45, 7) is 4.50. The molecular formula is C17H19N3O2. The quantitative estimate of drug-likeness (QED) is 0.947. The van der Waals surface area contributed by atoms with Gasteiger partial charge in [0, 0.05) is 18.8 Å². The molecule has 22 heavy (non-hydrogen) atoms. The van der Waals surface area contributed by atoms with Gasteiger partial charge in [-0.25, -0.2) is 4.98 Å². The Hall–Kier alpha value is -2.56. The summed E-state index contributed by atoms with van der Waals surface area (Å²) in [6, 6.07) is 5.89. The monoisotopic (exact) mass is 297 g/mol. The van der Waals surface area contributed by atoms with Gasteiger partial charge in [0.15, 0.2) is 0 Å². The van der Waals surface area contributed by atoms with Crippen LogP contribution in [0, 0.1) is 0 Å². The molecule has 1 aliphatic heterocycles. The first-order chi connectivity index (χ1) is 10.6. The van der Waals surface area contributed by atoms with Crippen molar-refractivity contribution in [1.29, 1.82) is 0 Å². The molecule has 2 heterocycles. The summed E-state index contributed by atoms with van der Waals surface area (Å²) in [5.74, 6) is 0.670. The van der Waals surface area contributed by atoms with Gasteiger partial charge in [0.2, 0.25) is 5.91 Å². The van der Waals surface area contributed by atoms with Crippen LogP contribution < -0.4 is 4.74 Å². The molecule has 0 saturated heterocycles. The van der Waals surface area contributed by atoms with Crippen molar-refractivity contribution < 1.29 is 9.53 Å². The molecule has 0 fully saturated rings. The summed E-state index contributed by atoms with van der Waals surface area (Å²) in [4.78, 5) is 21.3. The maximum Gasteiger partial charge on any atom is 0.233 e. The number of carbonyl (C=O) groups excluding carboxylic acids is 1. The highest BCUT2D eigenvalue weighted by Crippen LogP contribution is 2.36. The van der Waals surface area contributed by atoms with Crippen LogP contribution in [0.15, 0.2) is 36.9 Å². The second kappa shape index (κ2) is 5.67. The number of carbonyl (C=O) groups is 1. The molecule has 1 atom stereocenters. The van der Waals surface area contributed by atoms with Crippen LogP contribution in [0.2, 0.25) is 0 Å². The molecule has 5 heteroatoms. The van der Waals surface area contributed by atoms with Gasteiger partial charge in [0.1, 0.15) is 5.75 Å². The van der Waals surface area contributed by atoms with E-state index in [0.29, 0.717) is 6.61 Å². The molecule has 1 amide bonds. The second-order valence-corrected chi connectivity index (χ2v) is 5.36. The molecule has 2 aromatic rings. The normalized spacial score (nSPS) is 17.8. The molecule has 114 valence electrons. The van der Waals surface area contributed by atoms with E-state index in [-0.39, 0.29) is 11.8 Å². The minimum Gasteiger partial charge on any atom is -0.494 e. The number of hydrogen-bond acceptors (Lipinski definition) is 3. The van der Waals surface area contributed by atoms with Crippen LogP contribution in [0.4, 0.5) is 0 Å². The van der Waals surface area contributed by atoms with Crippen molar-refractivity contribution in [2.75, 3.05) is 13.7 Å². The predicted molar refractivity (Wildman–Crippen MR) is 84.5 cm³/mol. The number of H-pyrrole nitrogens is 1. The van der Waals surface area contributed by atoms with Crippen LogP contribution >= 0.6 is 0 Å². The number of aromatic nitrogens is 2. The lowest BCUT2D eigenvalue weighted by atomic mass is 9.91. The number of nitrogens with one attached hydrogen (secondary N) is 1. The first kappa shape index (κ1) is 14.4. The Kier molecular flexibility index (Phi) is 3.71. The Morgan fingerprint density at radius 1 is 1.41 bits per heavy atom. The number of fused-ring (bicyclic) bond motifs is 1. The number of likely N-dealkylation sites (N-methyl/N-ethyl adjacent to an activating group) is 1. The summed E-state index contributed by atoms with van der Waals surface area (Å²) < 4.78 is 5.62. The van der Waals surface area contributed by atoms with Gasteiger partial charge < -0.3 is 14.6 Å². The molecule has 1 N–H and O–H groups in total. The van der Waals surface area contributed by atoms with E-state index >= 15 is 0 Å². The topological polar surface area (TPSA) is 58.2 Å². The van der Waals surface area contributed by atoms with Gasteiger partial charge in [-0.1, -0.05) is 6.07 Å². The average molecular weight is 297 g/mol. The largest absolute Gasteiger partial charge is 0.494 e. The third-order valence-electron chi connectivity index (χ3n) is 3.92. The zero-order valence-corrected chi connectivity index (χ0v) is 13.0. The average Bonchev–Trinajstić information content (AvgIpc) is 3.02. The molecular weight excluding hydrogens is 278 g/mol. The van der Waals surface area contributed by atoms with Crippen molar-refractivity contribution in [1.82, 2.24) is 14.9 Å². The van der Waals surface area contributed by atoms with Crippen LogP contribution in [-0.2, 0) is 4.79 Å². The van der Waals surface area contributed by atoms with Gasteiger partial charge in [0.05, 0.1) is 30.7 Å². The number of hydrogen-bond donors (Lipinski definition) is 1. The number of ether oxygens (including phenoxy) is 1. The van der Waals surface area contributed by atoms with Gasteiger partial charge >= 0.3 is 0 Å². The van der Waals surface area contributed by atoms with Gasteiger partial charge in [-0.05, 0) is 37.1 Å². The van der Waals surface area contributed by atoms with Crippen LogP contribution in [0.3, 0.4) is 0 Å². The Labute approximate surface area is 129 Å². The maximum absolute atomic E-state index is 12.5. The van der Waals surface area contributed by atoms with Gasteiger partial charge in [-0.15, -0.1) is 0 Å². The van der Waals surface area contributed by atoms with Crippen molar-refractivity contribution in [2.24, 2.45) is 0 Å². The summed E-state index contributed by atoms with van der Waals surface area (Å²) in [6.07, 6.45) is 5.25. The van der Waals surface area contributed by atoms with E-state index in [4.69, 9.17) is 4.74 Å². The fourth-order valence-corrected chi connectivity index (χ4v) is 2.79. The lowest BCUT2D eigenvalue weighted by Gasteiger charge is -2.16. The van der Waals surface area contributed by atoms with Crippen molar-refractivity contribution >= 4 is 11.5 Å². The number of amides is 1. The van der Waals surface area contributed by atoms with E-state index in [0.717, 1.165) is 28.1 Å². The van der Waals surface area contributed by atoms with Gasteiger partial charge in [-0.2, -0.15) is 0 Å². The number of rotatable bonds is 3. The molecule has 5 nitrogen and oxygen atoms in total. The van der Waals surface area contributed by atoms with E-state index in [1.807, 2.05) is 38.2 Å².